The van der Waals surface area contributed by atoms with Crippen LogP contribution in [-0.2, 0) is 0 Å². The van der Waals surface area contributed by atoms with E-state index < -0.39 is 0 Å². The van der Waals surface area contributed by atoms with Crippen molar-refractivity contribution in [3.05, 3.63) is 42.0 Å². The van der Waals surface area contributed by atoms with Gasteiger partial charge < -0.3 is 0 Å². The predicted octanol–water partition coefficient (Wildman–Crippen LogP) is 4.14. The highest BCUT2D eigenvalue weighted by Gasteiger charge is 2.20. The van der Waals surface area contributed by atoms with Gasteiger partial charge in [-0.2, -0.15) is 0 Å². The molecule has 2 rings (SSSR count). The van der Waals surface area contributed by atoms with Gasteiger partial charge in [-0.1, -0.05) is 62.2 Å². The molecule has 0 nitrogen and oxygen atoms in total. The van der Waals surface area contributed by atoms with Gasteiger partial charge in [0, 0.05) is 0 Å². The molecule has 74 valence electrons. The molecule has 0 N–H and O–H groups in total. The van der Waals surface area contributed by atoms with Crippen LogP contribution in [0.4, 0.5) is 0 Å². The highest BCUT2D eigenvalue weighted by molar-refractivity contribution is 5.49. The summed E-state index contributed by atoms with van der Waals surface area (Å²) in [6.45, 7) is 2.37. The average molecular weight is 186 g/mol. The molecule has 1 aromatic carbocycles. The third-order valence-corrected chi connectivity index (χ3v) is 3.26. The predicted molar refractivity (Wildman–Crippen MR) is 62.0 cm³/mol. The van der Waals surface area contributed by atoms with E-state index in [0.717, 1.165) is 11.8 Å². The first-order valence-electron chi connectivity index (χ1n) is 5.59. The van der Waals surface area contributed by atoms with Crippen molar-refractivity contribution in [2.75, 3.05) is 0 Å². The number of allylic oxidation sites excluding steroid dienone is 1. The topological polar surface area (TPSA) is 0 Å². The Balaban J connectivity index is 2.00. The summed E-state index contributed by atoms with van der Waals surface area (Å²) >= 11 is 0. The molecule has 1 aliphatic carbocycles. The highest BCUT2D eigenvalue weighted by Crippen LogP contribution is 2.32. The van der Waals surface area contributed by atoms with Crippen molar-refractivity contribution < 1.29 is 0 Å². The summed E-state index contributed by atoms with van der Waals surface area (Å²) in [7, 11) is 0. The van der Waals surface area contributed by atoms with E-state index in [2.05, 4.69) is 49.4 Å². The lowest BCUT2D eigenvalue weighted by Gasteiger charge is -2.08. The summed E-state index contributed by atoms with van der Waals surface area (Å²) in [4.78, 5) is 0. The molecule has 0 heterocycles. The van der Waals surface area contributed by atoms with Gasteiger partial charge >= 0.3 is 0 Å². The van der Waals surface area contributed by atoms with Crippen LogP contribution in [0.2, 0.25) is 0 Å². The Labute approximate surface area is 86.7 Å². The maximum atomic E-state index is 2.40. The van der Waals surface area contributed by atoms with Crippen molar-refractivity contribution in [3.8, 4) is 0 Å². The fourth-order valence-corrected chi connectivity index (χ4v) is 2.26. The summed E-state index contributed by atoms with van der Waals surface area (Å²) < 4.78 is 0. The molecule has 1 fully saturated rings. The van der Waals surface area contributed by atoms with Crippen molar-refractivity contribution in [1.29, 1.82) is 0 Å². The van der Waals surface area contributed by atoms with Gasteiger partial charge in [0.25, 0.3) is 0 Å². The Bertz CT molecular complexity index is 297. The van der Waals surface area contributed by atoms with Crippen molar-refractivity contribution in [2.24, 2.45) is 11.8 Å². The fourth-order valence-electron chi connectivity index (χ4n) is 2.26. The molecule has 0 radical (unpaired) electrons. The Morgan fingerprint density at radius 3 is 2.57 bits per heavy atom. The minimum atomic E-state index is 0.815. The third-order valence-electron chi connectivity index (χ3n) is 3.26. The van der Waals surface area contributed by atoms with Crippen molar-refractivity contribution >= 4 is 6.08 Å². The molecular formula is C14H18. The van der Waals surface area contributed by atoms with Gasteiger partial charge in [0.2, 0.25) is 0 Å². The van der Waals surface area contributed by atoms with Crippen LogP contribution in [-0.4, -0.2) is 0 Å². The average Bonchev–Trinajstić information content (AvgIpc) is 2.63. The maximum Gasteiger partial charge on any atom is -0.0204 e. The zero-order valence-electron chi connectivity index (χ0n) is 8.82. The van der Waals surface area contributed by atoms with Crippen LogP contribution in [0.25, 0.3) is 6.08 Å². The first kappa shape index (κ1) is 9.51. The monoisotopic (exact) mass is 186 g/mol. The smallest absolute Gasteiger partial charge is 0.0204 e. The molecule has 1 aromatic rings. The summed E-state index contributed by atoms with van der Waals surface area (Å²) in [6.07, 6.45) is 8.86. The number of hydrogen-bond acceptors (Lipinski definition) is 0. The van der Waals surface area contributed by atoms with Crippen LogP contribution in [0, 0.1) is 11.8 Å². The van der Waals surface area contributed by atoms with E-state index in [1.54, 1.807) is 0 Å². The van der Waals surface area contributed by atoms with Crippen molar-refractivity contribution in [1.82, 2.24) is 0 Å². The Kier molecular flexibility index (Phi) is 3.03. The Hall–Kier alpha value is -1.04. The molecule has 1 saturated carbocycles. The largest absolute Gasteiger partial charge is 0.0806 e. The fraction of sp³-hybridized carbons (Fsp3) is 0.429. The molecule has 0 amide bonds. The Morgan fingerprint density at radius 1 is 1.14 bits per heavy atom. The molecule has 0 aliphatic heterocycles. The van der Waals surface area contributed by atoms with Gasteiger partial charge in [-0.25, -0.2) is 0 Å². The third kappa shape index (κ3) is 2.25. The van der Waals surface area contributed by atoms with Crippen LogP contribution < -0.4 is 0 Å². The second kappa shape index (κ2) is 4.45. The molecule has 1 aliphatic rings. The summed E-state index contributed by atoms with van der Waals surface area (Å²) in [6, 6.07) is 10.6. The minimum absolute atomic E-state index is 0.815. The molecular weight excluding hydrogens is 168 g/mol. The minimum Gasteiger partial charge on any atom is -0.0806 e. The second-order valence-corrected chi connectivity index (χ2v) is 4.34. The van der Waals surface area contributed by atoms with E-state index in [4.69, 9.17) is 0 Å². The van der Waals surface area contributed by atoms with E-state index in [1.165, 1.54) is 24.8 Å². The number of hydrogen-bond donors (Lipinski definition) is 0. The lowest BCUT2D eigenvalue weighted by atomic mass is 9.97. The summed E-state index contributed by atoms with van der Waals surface area (Å²) in [5.41, 5.74) is 1.33. The van der Waals surface area contributed by atoms with E-state index in [-0.39, 0.29) is 0 Å². The molecule has 14 heavy (non-hydrogen) atoms. The number of benzene rings is 1. The molecule has 0 aromatic heterocycles. The van der Waals surface area contributed by atoms with Gasteiger partial charge in [0.05, 0.1) is 0 Å². The SMILES string of the molecule is C[C@H]1CCC[C@H]1/C=C\c1ccccc1. The van der Waals surface area contributed by atoms with Gasteiger partial charge in [0.15, 0.2) is 0 Å². The van der Waals surface area contributed by atoms with Crippen molar-refractivity contribution in [3.63, 3.8) is 0 Å². The van der Waals surface area contributed by atoms with Gasteiger partial charge in [-0.05, 0) is 23.8 Å². The highest BCUT2D eigenvalue weighted by atomic mass is 14.2. The van der Waals surface area contributed by atoms with Gasteiger partial charge in [0.1, 0.15) is 0 Å². The molecule has 0 saturated heterocycles. The van der Waals surface area contributed by atoms with Gasteiger partial charge in [-0.15, -0.1) is 0 Å². The quantitative estimate of drug-likeness (QED) is 0.651. The summed E-state index contributed by atoms with van der Waals surface area (Å²) in [5, 5.41) is 0. The molecule has 0 bridgehead atoms. The normalized spacial score (nSPS) is 27.2. The lowest BCUT2D eigenvalue weighted by molar-refractivity contribution is 0.505. The zero-order valence-corrected chi connectivity index (χ0v) is 8.82. The molecule has 2 atom stereocenters. The standard InChI is InChI=1S/C14H18/c1-12-6-5-9-14(12)11-10-13-7-3-2-4-8-13/h2-4,7-8,10-12,14H,5-6,9H2,1H3/b11-10-/t12-,14-/m0/s1. The second-order valence-electron chi connectivity index (χ2n) is 4.34. The van der Waals surface area contributed by atoms with Crippen LogP contribution in [0.3, 0.4) is 0 Å². The molecule has 0 unspecified atom stereocenters. The van der Waals surface area contributed by atoms with Crippen LogP contribution in [0.1, 0.15) is 31.7 Å². The van der Waals surface area contributed by atoms with Crippen LogP contribution in [0.5, 0.6) is 0 Å². The zero-order chi connectivity index (χ0) is 9.80. The van der Waals surface area contributed by atoms with Crippen LogP contribution in [0.15, 0.2) is 36.4 Å². The lowest BCUT2D eigenvalue weighted by Crippen LogP contribution is -1.98. The van der Waals surface area contributed by atoms with E-state index in [0.29, 0.717) is 0 Å². The van der Waals surface area contributed by atoms with Gasteiger partial charge in [-0.3, -0.25) is 0 Å². The first-order valence-corrected chi connectivity index (χ1v) is 5.59. The maximum absolute atomic E-state index is 2.40. The molecule has 0 heteroatoms. The van der Waals surface area contributed by atoms with E-state index in [9.17, 15) is 0 Å². The molecule has 0 spiro atoms. The van der Waals surface area contributed by atoms with E-state index in [1.807, 2.05) is 0 Å². The number of rotatable bonds is 2. The first-order chi connectivity index (χ1) is 6.86. The summed E-state index contributed by atoms with van der Waals surface area (Å²) in [5.74, 6) is 1.70. The van der Waals surface area contributed by atoms with E-state index >= 15 is 0 Å². The van der Waals surface area contributed by atoms with Crippen LogP contribution >= 0.6 is 0 Å². The van der Waals surface area contributed by atoms with Crippen molar-refractivity contribution in [2.45, 2.75) is 26.2 Å². The Morgan fingerprint density at radius 2 is 1.93 bits per heavy atom.